The third-order valence-corrected chi connectivity index (χ3v) is 3.61. The lowest BCUT2D eigenvalue weighted by Gasteiger charge is -2.12. The molecule has 6 nitrogen and oxygen atoms in total. The maximum atomic E-state index is 12.6. The van der Waals surface area contributed by atoms with E-state index in [1.807, 2.05) is 6.92 Å². The minimum Gasteiger partial charge on any atom is -0.497 e. The van der Waals surface area contributed by atoms with E-state index in [0.29, 0.717) is 41.7 Å². The van der Waals surface area contributed by atoms with Crippen LogP contribution in [0.1, 0.15) is 22.8 Å². The van der Waals surface area contributed by atoms with Crippen LogP contribution in [0, 0.1) is 0 Å². The highest BCUT2D eigenvalue weighted by molar-refractivity contribution is 6.04. The van der Waals surface area contributed by atoms with Gasteiger partial charge in [0.05, 0.1) is 27.9 Å². The van der Waals surface area contributed by atoms with E-state index in [4.69, 9.17) is 18.9 Å². The van der Waals surface area contributed by atoms with Gasteiger partial charge in [0.15, 0.2) is 0 Å². The molecule has 0 saturated heterocycles. The molecule has 134 valence electrons. The summed E-state index contributed by atoms with van der Waals surface area (Å²) in [7, 11) is 4.71. The van der Waals surface area contributed by atoms with Gasteiger partial charge in [-0.2, -0.15) is 0 Å². The Labute approximate surface area is 147 Å². The molecular weight excluding hydrogens is 322 g/mol. The topological polar surface area (TPSA) is 66.0 Å². The Morgan fingerprint density at radius 2 is 1.64 bits per heavy atom. The van der Waals surface area contributed by atoms with Crippen molar-refractivity contribution < 1.29 is 23.7 Å². The van der Waals surface area contributed by atoms with Gasteiger partial charge in [0.1, 0.15) is 17.2 Å². The fourth-order valence-corrected chi connectivity index (χ4v) is 2.33. The highest BCUT2D eigenvalue weighted by Gasteiger charge is 2.12. The number of ether oxygens (including phenoxy) is 4. The largest absolute Gasteiger partial charge is 0.497 e. The number of carbonyl (C=O) groups excluding carboxylic acids is 1. The van der Waals surface area contributed by atoms with Crippen molar-refractivity contribution in [2.45, 2.75) is 13.5 Å². The minimum atomic E-state index is -0.240. The minimum absolute atomic E-state index is 0.240. The lowest BCUT2D eigenvalue weighted by molar-refractivity contribution is 0.102. The third-order valence-electron chi connectivity index (χ3n) is 3.61. The molecule has 0 aliphatic rings. The zero-order chi connectivity index (χ0) is 18.2. The monoisotopic (exact) mass is 345 g/mol. The maximum absolute atomic E-state index is 12.6. The van der Waals surface area contributed by atoms with Crippen LogP contribution in [0.3, 0.4) is 0 Å². The fourth-order valence-electron chi connectivity index (χ4n) is 2.33. The first-order valence-electron chi connectivity index (χ1n) is 7.90. The molecule has 2 rings (SSSR count). The number of nitrogens with one attached hydrogen (secondary N) is 1. The second kappa shape index (κ2) is 8.94. The molecule has 0 heterocycles. The van der Waals surface area contributed by atoms with Crippen LogP contribution in [-0.4, -0.2) is 33.8 Å². The van der Waals surface area contributed by atoms with Crippen LogP contribution < -0.4 is 19.5 Å². The fraction of sp³-hybridized carbons (Fsp3) is 0.316. The molecular formula is C19H23NO5. The van der Waals surface area contributed by atoms with E-state index >= 15 is 0 Å². The predicted octanol–water partition coefficient (Wildman–Crippen LogP) is 3.50. The van der Waals surface area contributed by atoms with Crippen molar-refractivity contribution >= 4 is 11.6 Å². The second-order valence-electron chi connectivity index (χ2n) is 5.22. The molecule has 25 heavy (non-hydrogen) atoms. The van der Waals surface area contributed by atoms with E-state index in [9.17, 15) is 4.79 Å². The van der Waals surface area contributed by atoms with Gasteiger partial charge in [0.25, 0.3) is 5.91 Å². The van der Waals surface area contributed by atoms with Crippen LogP contribution in [-0.2, 0) is 11.3 Å². The van der Waals surface area contributed by atoms with Crippen LogP contribution in [0.4, 0.5) is 5.69 Å². The third kappa shape index (κ3) is 4.87. The SMILES string of the molecule is CCOCc1cc(C(=O)Nc2cc(OC)cc(OC)c2)ccc1OC. The van der Waals surface area contributed by atoms with Gasteiger partial charge in [-0.15, -0.1) is 0 Å². The summed E-state index contributed by atoms with van der Waals surface area (Å²) < 4.78 is 21.2. The summed E-state index contributed by atoms with van der Waals surface area (Å²) in [4.78, 5) is 12.6. The van der Waals surface area contributed by atoms with Crippen molar-refractivity contribution in [3.05, 3.63) is 47.5 Å². The predicted molar refractivity (Wildman–Crippen MR) is 95.8 cm³/mol. The first-order valence-corrected chi connectivity index (χ1v) is 7.90. The molecule has 2 aromatic rings. The van der Waals surface area contributed by atoms with E-state index < -0.39 is 0 Å². The molecule has 1 N–H and O–H groups in total. The molecule has 2 aromatic carbocycles. The zero-order valence-corrected chi connectivity index (χ0v) is 14.9. The van der Waals surface area contributed by atoms with Gasteiger partial charge < -0.3 is 24.3 Å². The van der Waals surface area contributed by atoms with Crippen molar-refractivity contribution in [1.29, 1.82) is 0 Å². The molecule has 6 heteroatoms. The Hall–Kier alpha value is -2.73. The number of hydrogen-bond donors (Lipinski definition) is 1. The van der Waals surface area contributed by atoms with Gasteiger partial charge >= 0.3 is 0 Å². The lowest BCUT2D eigenvalue weighted by atomic mass is 10.1. The normalized spacial score (nSPS) is 10.2. The van der Waals surface area contributed by atoms with Gasteiger partial charge in [0.2, 0.25) is 0 Å². The average molecular weight is 345 g/mol. The Kier molecular flexibility index (Phi) is 6.65. The Balaban J connectivity index is 2.23. The van der Waals surface area contributed by atoms with Gasteiger partial charge in [0, 0.05) is 41.6 Å². The van der Waals surface area contributed by atoms with Gasteiger partial charge in [-0.1, -0.05) is 0 Å². The molecule has 0 saturated carbocycles. The molecule has 0 unspecified atom stereocenters. The number of benzene rings is 2. The molecule has 0 atom stereocenters. The van der Waals surface area contributed by atoms with Crippen LogP contribution in [0.15, 0.2) is 36.4 Å². The summed E-state index contributed by atoms with van der Waals surface area (Å²) in [5.74, 6) is 1.64. The van der Waals surface area contributed by atoms with E-state index in [1.165, 1.54) is 0 Å². The quantitative estimate of drug-likeness (QED) is 0.793. The van der Waals surface area contributed by atoms with Gasteiger partial charge in [-0.25, -0.2) is 0 Å². The number of carbonyl (C=O) groups is 1. The van der Waals surface area contributed by atoms with Crippen molar-refractivity contribution in [3.8, 4) is 17.2 Å². The van der Waals surface area contributed by atoms with Gasteiger partial charge in [-0.05, 0) is 25.1 Å². The smallest absolute Gasteiger partial charge is 0.255 e. The van der Waals surface area contributed by atoms with Crippen molar-refractivity contribution in [2.75, 3.05) is 33.3 Å². The molecule has 0 aliphatic heterocycles. The van der Waals surface area contributed by atoms with Crippen molar-refractivity contribution in [1.82, 2.24) is 0 Å². The molecule has 1 amide bonds. The molecule has 0 bridgehead atoms. The van der Waals surface area contributed by atoms with Crippen LogP contribution in [0.2, 0.25) is 0 Å². The van der Waals surface area contributed by atoms with E-state index in [-0.39, 0.29) is 5.91 Å². The number of anilines is 1. The summed E-state index contributed by atoms with van der Waals surface area (Å²) in [5.41, 5.74) is 1.92. The molecule has 0 spiro atoms. The molecule has 0 fully saturated rings. The van der Waals surface area contributed by atoms with Crippen LogP contribution in [0.5, 0.6) is 17.2 Å². The Morgan fingerprint density at radius 3 is 2.20 bits per heavy atom. The number of hydrogen-bond acceptors (Lipinski definition) is 5. The number of methoxy groups -OCH3 is 3. The Bertz CT molecular complexity index is 707. The molecule has 0 aromatic heterocycles. The summed E-state index contributed by atoms with van der Waals surface area (Å²) in [6, 6.07) is 10.4. The average Bonchev–Trinajstić information content (AvgIpc) is 2.65. The summed E-state index contributed by atoms with van der Waals surface area (Å²) >= 11 is 0. The second-order valence-corrected chi connectivity index (χ2v) is 5.22. The first-order chi connectivity index (χ1) is 12.1. The summed E-state index contributed by atoms with van der Waals surface area (Å²) in [5, 5.41) is 2.85. The highest BCUT2D eigenvalue weighted by Crippen LogP contribution is 2.27. The van der Waals surface area contributed by atoms with E-state index in [0.717, 1.165) is 5.56 Å². The summed E-state index contributed by atoms with van der Waals surface area (Å²) in [6.07, 6.45) is 0. The van der Waals surface area contributed by atoms with Crippen molar-refractivity contribution in [2.24, 2.45) is 0 Å². The van der Waals surface area contributed by atoms with E-state index in [1.54, 1.807) is 57.7 Å². The first kappa shape index (κ1) is 18.6. The lowest BCUT2D eigenvalue weighted by Crippen LogP contribution is -2.13. The molecule has 0 aliphatic carbocycles. The van der Waals surface area contributed by atoms with E-state index in [2.05, 4.69) is 5.32 Å². The van der Waals surface area contributed by atoms with Crippen LogP contribution in [0.25, 0.3) is 0 Å². The Morgan fingerprint density at radius 1 is 0.960 bits per heavy atom. The van der Waals surface area contributed by atoms with Crippen LogP contribution >= 0.6 is 0 Å². The highest BCUT2D eigenvalue weighted by atomic mass is 16.5. The van der Waals surface area contributed by atoms with Crippen molar-refractivity contribution in [3.63, 3.8) is 0 Å². The zero-order valence-electron chi connectivity index (χ0n) is 14.9. The number of amides is 1. The standard InChI is InChI=1S/C19H23NO5/c1-5-25-12-14-8-13(6-7-18(14)24-4)19(21)20-15-9-16(22-2)11-17(10-15)23-3/h6-11H,5,12H2,1-4H3,(H,20,21). The molecule has 0 radical (unpaired) electrons. The maximum Gasteiger partial charge on any atom is 0.255 e. The number of rotatable bonds is 8. The summed E-state index contributed by atoms with van der Waals surface area (Å²) in [6.45, 7) is 2.89. The van der Waals surface area contributed by atoms with Gasteiger partial charge in [-0.3, -0.25) is 4.79 Å².